The van der Waals surface area contributed by atoms with E-state index in [4.69, 9.17) is 0 Å². The smallest absolute Gasteiger partial charge is 0.270 e. The Bertz CT molecular complexity index is 912. The molecule has 2 aromatic rings. The molecule has 1 aliphatic heterocycles. The molecule has 132 valence electrons. The van der Waals surface area contributed by atoms with Gasteiger partial charge in [-0.05, 0) is 36.6 Å². The fourth-order valence-electron chi connectivity index (χ4n) is 3.04. The van der Waals surface area contributed by atoms with Crippen LogP contribution in [0.5, 0.6) is 0 Å². The van der Waals surface area contributed by atoms with Gasteiger partial charge in [-0.25, -0.2) is 13.1 Å². The molecule has 0 bridgehead atoms. The molecule has 3 rings (SSSR count). The molecule has 0 saturated carbocycles. The predicted molar refractivity (Wildman–Crippen MR) is 93.9 cm³/mol. The van der Waals surface area contributed by atoms with Crippen LogP contribution < -0.4 is 10.0 Å². The molecule has 0 radical (unpaired) electrons. The lowest BCUT2D eigenvalue weighted by atomic mass is 9.95. The number of nitrogens with zero attached hydrogens (tertiary/aromatic N) is 1. The molecule has 1 atom stereocenters. The molecule has 25 heavy (non-hydrogen) atoms. The molecule has 2 N–H and O–H groups in total. The van der Waals surface area contributed by atoms with Crippen molar-refractivity contribution in [3.8, 4) is 0 Å². The van der Waals surface area contributed by atoms with E-state index in [1.807, 2.05) is 24.3 Å². The first-order valence-corrected chi connectivity index (χ1v) is 9.43. The Balaban J connectivity index is 1.82. The molecular weight excluding hydrogens is 342 g/mol. The van der Waals surface area contributed by atoms with Gasteiger partial charge in [-0.3, -0.25) is 10.1 Å². The van der Waals surface area contributed by atoms with E-state index in [0.29, 0.717) is 5.56 Å². The molecule has 0 saturated heterocycles. The minimum atomic E-state index is -3.84. The Hall–Kier alpha value is -2.29. The summed E-state index contributed by atoms with van der Waals surface area (Å²) in [5.74, 6) is 0. The highest BCUT2D eigenvalue weighted by atomic mass is 32.2. The molecule has 7 nitrogen and oxygen atoms in total. The lowest BCUT2D eigenvalue weighted by Crippen LogP contribution is -2.39. The van der Waals surface area contributed by atoms with Gasteiger partial charge in [-0.15, -0.1) is 0 Å². The van der Waals surface area contributed by atoms with Crippen molar-refractivity contribution in [1.29, 1.82) is 0 Å². The summed E-state index contributed by atoms with van der Waals surface area (Å²) in [5.41, 5.74) is 2.51. The van der Waals surface area contributed by atoms with Gasteiger partial charge in [-0.1, -0.05) is 30.3 Å². The van der Waals surface area contributed by atoms with Gasteiger partial charge >= 0.3 is 0 Å². The lowest BCUT2D eigenvalue weighted by molar-refractivity contribution is -0.385. The first kappa shape index (κ1) is 17.5. The van der Waals surface area contributed by atoms with Crippen molar-refractivity contribution in [3.63, 3.8) is 0 Å². The van der Waals surface area contributed by atoms with E-state index < -0.39 is 14.9 Å². The van der Waals surface area contributed by atoms with E-state index >= 15 is 0 Å². The van der Waals surface area contributed by atoms with Crippen molar-refractivity contribution < 1.29 is 13.3 Å². The third kappa shape index (κ3) is 3.71. The highest BCUT2D eigenvalue weighted by molar-refractivity contribution is 7.89. The van der Waals surface area contributed by atoms with Crippen LogP contribution in [-0.4, -0.2) is 26.4 Å². The summed E-state index contributed by atoms with van der Waals surface area (Å²) in [7, 11) is -3.84. The van der Waals surface area contributed by atoms with Crippen molar-refractivity contribution in [1.82, 2.24) is 10.0 Å². The first-order valence-electron chi connectivity index (χ1n) is 7.94. The molecule has 0 fully saturated rings. The molecule has 0 amide bonds. The van der Waals surface area contributed by atoms with Crippen molar-refractivity contribution in [3.05, 3.63) is 69.3 Å². The van der Waals surface area contributed by atoms with Gasteiger partial charge in [0.1, 0.15) is 0 Å². The van der Waals surface area contributed by atoms with E-state index in [1.54, 1.807) is 6.92 Å². The average molecular weight is 361 g/mol. The molecule has 0 spiro atoms. The summed E-state index contributed by atoms with van der Waals surface area (Å²) < 4.78 is 27.8. The Labute approximate surface area is 146 Å². The maximum atomic E-state index is 12.6. The maximum absolute atomic E-state index is 12.6. The van der Waals surface area contributed by atoms with E-state index in [1.165, 1.54) is 17.7 Å². The maximum Gasteiger partial charge on any atom is 0.270 e. The van der Waals surface area contributed by atoms with Crippen molar-refractivity contribution in [2.24, 2.45) is 0 Å². The van der Waals surface area contributed by atoms with Crippen LogP contribution in [0.2, 0.25) is 0 Å². The van der Waals surface area contributed by atoms with Crippen molar-refractivity contribution in [2.45, 2.75) is 24.3 Å². The minimum absolute atomic E-state index is 0.0641. The number of nitro benzene ring substituents is 1. The first-order chi connectivity index (χ1) is 11.9. The number of non-ortho nitro benzene ring substituents is 1. The van der Waals surface area contributed by atoms with Crippen LogP contribution in [0.25, 0.3) is 0 Å². The summed E-state index contributed by atoms with van der Waals surface area (Å²) in [4.78, 5) is 10.3. The Morgan fingerprint density at radius 2 is 2.04 bits per heavy atom. The standard InChI is InChI=1S/C17H19N3O4S/c1-12-6-7-14(20(21)22)10-17(12)25(23,24)19-11-16-15-5-3-2-4-13(15)8-9-18-16/h2-7,10,16,18-19H,8-9,11H2,1H3. The fraction of sp³-hybridized carbons (Fsp3) is 0.294. The van der Waals surface area contributed by atoms with Crippen LogP contribution in [0.1, 0.15) is 22.7 Å². The SMILES string of the molecule is Cc1ccc([N+](=O)[O-])cc1S(=O)(=O)NCC1NCCc2ccccc21. The fourth-order valence-corrected chi connectivity index (χ4v) is 4.35. The molecule has 1 heterocycles. The van der Waals surface area contributed by atoms with E-state index in [0.717, 1.165) is 24.6 Å². The molecule has 2 aromatic carbocycles. The highest BCUT2D eigenvalue weighted by Crippen LogP contribution is 2.24. The van der Waals surface area contributed by atoms with E-state index in [9.17, 15) is 18.5 Å². The zero-order chi connectivity index (χ0) is 18.0. The Morgan fingerprint density at radius 3 is 2.80 bits per heavy atom. The van der Waals surface area contributed by atoms with Gasteiger partial charge in [0.15, 0.2) is 0 Å². The molecule has 0 aliphatic carbocycles. The van der Waals surface area contributed by atoms with Crippen LogP contribution in [0, 0.1) is 17.0 Å². The van der Waals surface area contributed by atoms with Gasteiger partial charge in [0.05, 0.1) is 9.82 Å². The second-order valence-electron chi connectivity index (χ2n) is 6.01. The zero-order valence-corrected chi connectivity index (χ0v) is 14.5. The monoisotopic (exact) mass is 361 g/mol. The molecular formula is C17H19N3O4S. The topological polar surface area (TPSA) is 101 Å². The van der Waals surface area contributed by atoms with Crippen molar-refractivity contribution >= 4 is 15.7 Å². The van der Waals surface area contributed by atoms with Crippen molar-refractivity contribution in [2.75, 3.05) is 13.1 Å². The molecule has 1 aliphatic rings. The van der Waals surface area contributed by atoms with Gasteiger partial charge in [0.25, 0.3) is 5.69 Å². The van der Waals surface area contributed by atoms with Gasteiger partial charge in [0, 0.05) is 24.7 Å². The number of fused-ring (bicyclic) bond motifs is 1. The number of nitro groups is 1. The summed E-state index contributed by atoms with van der Waals surface area (Å²) in [5, 5.41) is 14.2. The van der Waals surface area contributed by atoms with Crippen LogP contribution >= 0.6 is 0 Å². The highest BCUT2D eigenvalue weighted by Gasteiger charge is 2.24. The summed E-state index contributed by atoms with van der Waals surface area (Å²) in [6.07, 6.45) is 0.906. The van der Waals surface area contributed by atoms with Crippen LogP contribution in [-0.2, 0) is 16.4 Å². The summed E-state index contributed by atoms with van der Waals surface area (Å²) >= 11 is 0. The van der Waals surface area contributed by atoms with Crippen LogP contribution in [0.3, 0.4) is 0 Å². The summed E-state index contributed by atoms with van der Waals surface area (Å²) in [6, 6.07) is 11.6. The van der Waals surface area contributed by atoms with Crippen LogP contribution in [0.4, 0.5) is 5.69 Å². The number of nitrogens with one attached hydrogen (secondary N) is 2. The molecule has 8 heteroatoms. The van der Waals surface area contributed by atoms with Gasteiger partial charge < -0.3 is 5.32 Å². The number of sulfonamides is 1. The minimum Gasteiger partial charge on any atom is -0.308 e. The van der Waals surface area contributed by atoms with Crippen LogP contribution in [0.15, 0.2) is 47.4 Å². The molecule has 0 aromatic heterocycles. The number of rotatable bonds is 5. The second-order valence-corrected chi connectivity index (χ2v) is 7.75. The normalized spacial score (nSPS) is 17.1. The quantitative estimate of drug-likeness (QED) is 0.627. The predicted octanol–water partition coefficient (Wildman–Crippen LogP) is 2.07. The Morgan fingerprint density at radius 1 is 1.28 bits per heavy atom. The van der Waals surface area contributed by atoms with E-state index in [2.05, 4.69) is 10.0 Å². The third-order valence-electron chi connectivity index (χ3n) is 4.37. The average Bonchev–Trinajstić information content (AvgIpc) is 2.60. The largest absolute Gasteiger partial charge is 0.308 e. The van der Waals surface area contributed by atoms with E-state index in [-0.39, 0.29) is 23.2 Å². The van der Waals surface area contributed by atoms with Gasteiger partial charge in [0.2, 0.25) is 10.0 Å². The molecule has 1 unspecified atom stereocenters. The number of aryl methyl sites for hydroxylation is 1. The van der Waals surface area contributed by atoms with Gasteiger partial charge in [-0.2, -0.15) is 0 Å². The lowest BCUT2D eigenvalue weighted by Gasteiger charge is -2.27. The summed E-state index contributed by atoms with van der Waals surface area (Å²) in [6.45, 7) is 2.58. The number of benzene rings is 2. The zero-order valence-electron chi connectivity index (χ0n) is 13.7. The third-order valence-corrected chi connectivity index (χ3v) is 5.93. The Kier molecular flexibility index (Phi) is 4.85. The second kappa shape index (κ2) is 6.91. The number of hydrogen-bond acceptors (Lipinski definition) is 5. The number of hydrogen-bond donors (Lipinski definition) is 2.